The first-order valence-corrected chi connectivity index (χ1v) is 6.97. The van der Waals surface area contributed by atoms with Crippen LogP contribution in [0.2, 0.25) is 0 Å². The Morgan fingerprint density at radius 2 is 1.30 bits per heavy atom. The Balaban J connectivity index is 2.48. The molecule has 0 fully saturated rings. The standard InChI is InChI=1S/C8H6Se2/c1-3-9-5-7(1)8-2-4-10-6-8/h1-6H. The molecule has 0 aliphatic carbocycles. The van der Waals surface area contributed by atoms with Crippen LogP contribution < -0.4 is 0 Å². The minimum absolute atomic E-state index is 0.638. The van der Waals surface area contributed by atoms with Crippen molar-refractivity contribution in [3.63, 3.8) is 0 Å². The molecule has 2 heteroatoms. The molecular formula is C8H6Se2. The summed E-state index contributed by atoms with van der Waals surface area (Å²) in [4.78, 5) is 9.21. The van der Waals surface area contributed by atoms with Gasteiger partial charge in [0, 0.05) is 0 Å². The van der Waals surface area contributed by atoms with E-state index in [4.69, 9.17) is 0 Å². The van der Waals surface area contributed by atoms with Crippen molar-refractivity contribution in [3.8, 4) is 11.1 Å². The van der Waals surface area contributed by atoms with Gasteiger partial charge in [-0.3, -0.25) is 0 Å². The van der Waals surface area contributed by atoms with Crippen LogP contribution in [-0.2, 0) is 0 Å². The summed E-state index contributed by atoms with van der Waals surface area (Å²) in [5.74, 6) is 0. The summed E-state index contributed by atoms with van der Waals surface area (Å²) in [6.07, 6.45) is 0. The maximum absolute atomic E-state index is 2.34. The van der Waals surface area contributed by atoms with Crippen molar-refractivity contribution in [1.82, 2.24) is 0 Å². The van der Waals surface area contributed by atoms with Crippen LogP contribution in [0.5, 0.6) is 0 Å². The van der Waals surface area contributed by atoms with Crippen LogP contribution in [0.25, 0.3) is 11.1 Å². The van der Waals surface area contributed by atoms with Gasteiger partial charge in [-0.2, -0.15) is 0 Å². The molecule has 2 rings (SSSR count). The number of rotatable bonds is 1. The molecule has 0 bridgehead atoms. The molecule has 0 radical (unpaired) electrons. The van der Waals surface area contributed by atoms with Crippen LogP contribution in [0.15, 0.2) is 31.9 Å². The van der Waals surface area contributed by atoms with Crippen LogP contribution in [-0.4, -0.2) is 29.0 Å². The summed E-state index contributed by atoms with van der Waals surface area (Å²) < 4.78 is 0. The Kier molecular flexibility index (Phi) is 1.97. The average Bonchev–Trinajstić information content (AvgIpc) is 2.59. The van der Waals surface area contributed by atoms with Crippen molar-refractivity contribution in [3.05, 3.63) is 31.9 Å². The molecule has 0 atom stereocenters. The van der Waals surface area contributed by atoms with Gasteiger partial charge in [-0.15, -0.1) is 0 Å². The number of hydrogen-bond acceptors (Lipinski definition) is 0. The van der Waals surface area contributed by atoms with Gasteiger partial charge in [-0.05, 0) is 0 Å². The van der Waals surface area contributed by atoms with Crippen LogP contribution in [0.1, 0.15) is 0 Å². The van der Waals surface area contributed by atoms with E-state index in [9.17, 15) is 0 Å². The quantitative estimate of drug-likeness (QED) is 0.681. The van der Waals surface area contributed by atoms with E-state index in [2.05, 4.69) is 31.9 Å². The molecular weight excluding hydrogens is 254 g/mol. The van der Waals surface area contributed by atoms with Crippen molar-refractivity contribution >= 4 is 29.0 Å². The van der Waals surface area contributed by atoms with E-state index in [1.807, 2.05) is 0 Å². The molecule has 0 aliphatic rings. The van der Waals surface area contributed by atoms with Crippen molar-refractivity contribution < 1.29 is 0 Å². The van der Waals surface area contributed by atoms with Gasteiger partial charge in [0.05, 0.1) is 0 Å². The molecule has 10 heavy (non-hydrogen) atoms. The van der Waals surface area contributed by atoms with Gasteiger partial charge >= 0.3 is 72.0 Å². The molecule has 0 amide bonds. The summed E-state index contributed by atoms with van der Waals surface area (Å²) >= 11 is 1.28. The van der Waals surface area contributed by atoms with Gasteiger partial charge in [0.1, 0.15) is 0 Å². The van der Waals surface area contributed by atoms with Gasteiger partial charge in [0.2, 0.25) is 0 Å². The van der Waals surface area contributed by atoms with Gasteiger partial charge < -0.3 is 0 Å². The summed E-state index contributed by atoms with van der Waals surface area (Å²) in [6, 6.07) is 4.47. The Morgan fingerprint density at radius 1 is 0.800 bits per heavy atom. The first kappa shape index (κ1) is 6.69. The molecule has 0 N–H and O–H groups in total. The fourth-order valence-corrected chi connectivity index (χ4v) is 3.65. The van der Waals surface area contributed by atoms with Gasteiger partial charge in [0.15, 0.2) is 0 Å². The fraction of sp³-hybridized carbons (Fsp3) is 0. The summed E-state index contributed by atoms with van der Waals surface area (Å²) in [7, 11) is 0. The van der Waals surface area contributed by atoms with Crippen LogP contribution in [0, 0.1) is 0 Å². The van der Waals surface area contributed by atoms with Crippen molar-refractivity contribution in [2.75, 3.05) is 0 Å². The predicted molar refractivity (Wildman–Crippen MR) is 45.8 cm³/mol. The summed E-state index contributed by atoms with van der Waals surface area (Å²) in [5, 5.41) is 0. The molecule has 0 saturated heterocycles. The summed E-state index contributed by atoms with van der Waals surface area (Å²) in [5.41, 5.74) is 2.88. The molecule has 0 saturated carbocycles. The van der Waals surface area contributed by atoms with Crippen molar-refractivity contribution in [1.29, 1.82) is 0 Å². The Hall–Kier alpha value is -0.00104. The molecule has 0 aliphatic heterocycles. The molecule has 2 aromatic heterocycles. The molecule has 2 heterocycles. The van der Waals surface area contributed by atoms with E-state index in [-0.39, 0.29) is 0 Å². The molecule has 0 aromatic carbocycles. The maximum atomic E-state index is 2.34. The monoisotopic (exact) mass is 262 g/mol. The van der Waals surface area contributed by atoms with Crippen LogP contribution >= 0.6 is 0 Å². The fourth-order valence-electron chi connectivity index (χ4n) is 0.857. The zero-order chi connectivity index (χ0) is 6.81. The molecule has 0 nitrogen and oxygen atoms in total. The summed E-state index contributed by atoms with van der Waals surface area (Å²) in [6.45, 7) is 0. The first-order valence-electron chi connectivity index (χ1n) is 3.01. The third-order valence-corrected chi connectivity index (χ3v) is 4.24. The van der Waals surface area contributed by atoms with E-state index in [1.165, 1.54) is 11.1 Å². The van der Waals surface area contributed by atoms with E-state index >= 15 is 0 Å². The van der Waals surface area contributed by atoms with E-state index < -0.39 is 0 Å². The van der Waals surface area contributed by atoms with Crippen molar-refractivity contribution in [2.45, 2.75) is 0 Å². The van der Waals surface area contributed by atoms with Gasteiger partial charge in [0.25, 0.3) is 0 Å². The molecule has 2 aromatic rings. The Labute approximate surface area is 72.0 Å². The van der Waals surface area contributed by atoms with Gasteiger partial charge in [-0.1, -0.05) is 0 Å². The second-order valence-corrected chi connectivity index (χ2v) is 5.30. The molecule has 50 valence electrons. The second kappa shape index (κ2) is 2.94. The minimum atomic E-state index is 0.638. The van der Waals surface area contributed by atoms with Crippen LogP contribution in [0.3, 0.4) is 0 Å². The van der Waals surface area contributed by atoms with Crippen LogP contribution in [0.4, 0.5) is 0 Å². The van der Waals surface area contributed by atoms with E-state index in [0.29, 0.717) is 29.0 Å². The molecule has 0 unspecified atom stereocenters. The molecule has 0 spiro atoms. The van der Waals surface area contributed by atoms with Gasteiger partial charge in [-0.25, -0.2) is 0 Å². The van der Waals surface area contributed by atoms with Crippen molar-refractivity contribution in [2.24, 2.45) is 0 Å². The van der Waals surface area contributed by atoms with E-state index in [0.717, 1.165) is 0 Å². The first-order chi connectivity index (χ1) is 4.97. The zero-order valence-corrected chi connectivity index (χ0v) is 8.71. The average molecular weight is 260 g/mol. The number of hydrogen-bond donors (Lipinski definition) is 0. The third kappa shape index (κ3) is 1.21. The zero-order valence-electron chi connectivity index (χ0n) is 5.28. The second-order valence-electron chi connectivity index (χ2n) is 2.02. The third-order valence-electron chi connectivity index (χ3n) is 1.38. The Morgan fingerprint density at radius 3 is 1.60 bits per heavy atom. The Bertz CT molecular complexity index is 247. The normalized spacial score (nSPS) is 10.0. The predicted octanol–water partition coefficient (Wildman–Crippen LogP) is 1.47. The SMILES string of the molecule is c1cc(-c2cc[se]c2)c[se]1. The topological polar surface area (TPSA) is 0 Å². The van der Waals surface area contributed by atoms with E-state index in [1.54, 1.807) is 0 Å².